The Bertz CT molecular complexity index is 900. The molecule has 6 nitrogen and oxygen atoms in total. The lowest BCUT2D eigenvalue weighted by Crippen LogP contribution is -2.49. The SMILES string of the molecule is COc1cc(C(=O)N2CCN(C(C#N)c3ccccc3)CC2)ccc1OCCC(C)C. The van der Waals surface area contributed by atoms with Crippen molar-refractivity contribution in [1.82, 2.24) is 9.80 Å². The van der Waals surface area contributed by atoms with Crippen LogP contribution in [0.4, 0.5) is 0 Å². The van der Waals surface area contributed by atoms with E-state index in [-0.39, 0.29) is 11.9 Å². The number of carbonyl (C=O) groups excluding carboxylic acids is 1. The molecular formula is C25H31N3O3. The summed E-state index contributed by atoms with van der Waals surface area (Å²) in [5, 5.41) is 9.66. The van der Waals surface area contributed by atoms with Crippen molar-refractivity contribution in [1.29, 1.82) is 5.26 Å². The van der Waals surface area contributed by atoms with Gasteiger partial charge in [0.15, 0.2) is 11.5 Å². The molecule has 164 valence electrons. The molecule has 2 aromatic carbocycles. The van der Waals surface area contributed by atoms with Crippen LogP contribution >= 0.6 is 0 Å². The lowest BCUT2D eigenvalue weighted by atomic mass is 10.1. The highest BCUT2D eigenvalue weighted by Crippen LogP contribution is 2.29. The number of nitrogens with zero attached hydrogens (tertiary/aromatic N) is 3. The van der Waals surface area contributed by atoms with Gasteiger partial charge in [0.2, 0.25) is 0 Å². The van der Waals surface area contributed by atoms with E-state index in [4.69, 9.17) is 9.47 Å². The molecular weight excluding hydrogens is 390 g/mol. The Morgan fingerprint density at radius 3 is 2.39 bits per heavy atom. The van der Waals surface area contributed by atoms with Crippen LogP contribution in [0.2, 0.25) is 0 Å². The maximum absolute atomic E-state index is 13.0. The monoisotopic (exact) mass is 421 g/mol. The van der Waals surface area contributed by atoms with Crippen LogP contribution in [-0.4, -0.2) is 55.6 Å². The predicted octanol–water partition coefficient (Wildman–Crippen LogP) is 4.14. The molecule has 0 spiro atoms. The van der Waals surface area contributed by atoms with Gasteiger partial charge >= 0.3 is 0 Å². The maximum Gasteiger partial charge on any atom is 0.254 e. The minimum Gasteiger partial charge on any atom is -0.493 e. The van der Waals surface area contributed by atoms with E-state index >= 15 is 0 Å². The van der Waals surface area contributed by atoms with Crippen molar-refractivity contribution in [3.63, 3.8) is 0 Å². The largest absolute Gasteiger partial charge is 0.493 e. The second kappa shape index (κ2) is 10.8. The number of hydrogen-bond acceptors (Lipinski definition) is 5. The van der Waals surface area contributed by atoms with Crippen LogP contribution in [0.25, 0.3) is 0 Å². The zero-order valence-corrected chi connectivity index (χ0v) is 18.6. The summed E-state index contributed by atoms with van der Waals surface area (Å²) in [5.74, 6) is 1.76. The number of hydrogen-bond donors (Lipinski definition) is 0. The number of benzene rings is 2. The first-order valence-corrected chi connectivity index (χ1v) is 10.8. The standard InChI is InChI=1S/C25H31N3O3/c1-19(2)11-16-31-23-10-9-21(17-24(23)30-3)25(29)28-14-12-27(13-15-28)22(18-26)20-7-5-4-6-8-20/h4-10,17,19,22H,11-16H2,1-3H3. The van der Waals surface area contributed by atoms with Crippen molar-refractivity contribution < 1.29 is 14.3 Å². The molecule has 0 N–H and O–H groups in total. The van der Waals surface area contributed by atoms with Crippen LogP contribution in [0.3, 0.4) is 0 Å². The number of ether oxygens (including phenoxy) is 2. The number of carbonyl (C=O) groups is 1. The predicted molar refractivity (Wildman–Crippen MR) is 120 cm³/mol. The second-order valence-electron chi connectivity index (χ2n) is 8.17. The fraction of sp³-hybridized carbons (Fsp3) is 0.440. The second-order valence-corrected chi connectivity index (χ2v) is 8.17. The summed E-state index contributed by atoms with van der Waals surface area (Å²) in [6, 6.07) is 17.3. The molecule has 1 aliphatic heterocycles. The van der Waals surface area contributed by atoms with Gasteiger partial charge in [-0.05, 0) is 36.1 Å². The van der Waals surface area contributed by atoms with Gasteiger partial charge in [0.05, 0.1) is 19.8 Å². The molecule has 1 atom stereocenters. The molecule has 31 heavy (non-hydrogen) atoms. The van der Waals surface area contributed by atoms with Gasteiger partial charge in [-0.2, -0.15) is 5.26 Å². The zero-order valence-electron chi connectivity index (χ0n) is 18.6. The molecule has 1 heterocycles. The van der Waals surface area contributed by atoms with E-state index in [2.05, 4.69) is 24.8 Å². The lowest BCUT2D eigenvalue weighted by Gasteiger charge is -2.37. The molecule has 2 aromatic rings. The van der Waals surface area contributed by atoms with Crippen LogP contribution < -0.4 is 9.47 Å². The average molecular weight is 422 g/mol. The Hall–Kier alpha value is -3.04. The Labute approximate surface area is 185 Å². The normalized spacial score (nSPS) is 15.4. The molecule has 0 aromatic heterocycles. The zero-order chi connectivity index (χ0) is 22.2. The van der Waals surface area contributed by atoms with Gasteiger partial charge in [-0.3, -0.25) is 9.69 Å². The van der Waals surface area contributed by atoms with E-state index in [0.717, 1.165) is 12.0 Å². The van der Waals surface area contributed by atoms with Crippen LogP contribution in [-0.2, 0) is 0 Å². The van der Waals surface area contributed by atoms with Crippen molar-refractivity contribution >= 4 is 5.91 Å². The first kappa shape index (κ1) is 22.6. The average Bonchev–Trinajstić information content (AvgIpc) is 2.80. The summed E-state index contributed by atoms with van der Waals surface area (Å²) >= 11 is 0. The van der Waals surface area contributed by atoms with Gasteiger partial charge in [-0.15, -0.1) is 0 Å². The maximum atomic E-state index is 13.0. The van der Waals surface area contributed by atoms with Crippen LogP contribution in [0, 0.1) is 17.2 Å². The molecule has 0 saturated carbocycles. The molecule has 3 rings (SSSR count). The third kappa shape index (κ3) is 5.77. The third-order valence-corrected chi connectivity index (χ3v) is 5.57. The fourth-order valence-corrected chi connectivity index (χ4v) is 3.69. The summed E-state index contributed by atoms with van der Waals surface area (Å²) in [5.41, 5.74) is 1.57. The minimum absolute atomic E-state index is 0.0279. The summed E-state index contributed by atoms with van der Waals surface area (Å²) < 4.78 is 11.3. The summed E-state index contributed by atoms with van der Waals surface area (Å²) in [7, 11) is 1.59. The molecule has 0 bridgehead atoms. The molecule has 1 unspecified atom stereocenters. The highest BCUT2D eigenvalue weighted by Gasteiger charge is 2.27. The van der Waals surface area contributed by atoms with Gasteiger partial charge in [0.25, 0.3) is 5.91 Å². The van der Waals surface area contributed by atoms with Gasteiger partial charge in [-0.1, -0.05) is 44.2 Å². The van der Waals surface area contributed by atoms with Crippen LogP contribution in [0.5, 0.6) is 11.5 Å². The number of piperazine rings is 1. The molecule has 6 heteroatoms. The fourth-order valence-electron chi connectivity index (χ4n) is 3.69. The van der Waals surface area contributed by atoms with Gasteiger partial charge in [-0.25, -0.2) is 0 Å². The van der Waals surface area contributed by atoms with E-state index in [1.165, 1.54) is 0 Å². The van der Waals surface area contributed by atoms with Crippen molar-refractivity contribution in [3.8, 4) is 17.6 Å². The lowest BCUT2D eigenvalue weighted by molar-refractivity contribution is 0.0606. The van der Waals surface area contributed by atoms with E-state index < -0.39 is 0 Å². The van der Waals surface area contributed by atoms with E-state index in [1.54, 1.807) is 19.2 Å². The number of amides is 1. The number of rotatable bonds is 8. The van der Waals surface area contributed by atoms with Gasteiger partial charge in [0.1, 0.15) is 6.04 Å². The summed E-state index contributed by atoms with van der Waals surface area (Å²) in [6.45, 7) is 7.41. The smallest absolute Gasteiger partial charge is 0.254 e. The van der Waals surface area contributed by atoms with Crippen molar-refractivity contribution in [3.05, 3.63) is 59.7 Å². The Morgan fingerprint density at radius 2 is 1.77 bits per heavy atom. The molecule has 1 amide bonds. The van der Waals surface area contributed by atoms with E-state index in [0.29, 0.717) is 55.8 Å². The summed E-state index contributed by atoms with van der Waals surface area (Å²) in [4.78, 5) is 17.0. The van der Waals surface area contributed by atoms with E-state index in [1.807, 2.05) is 41.3 Å². The third-order valence-electron chi connectivity index (χ3n) is 5.57. The summed E-state index contributed by atoms with van der Waals surface area (Å²) in [6.07, 6.45) is 0.959. The molecule has 1 saturated heterocycles. The first-order chi connectivity index (χ1) is 15.0. The quantitative estimate of drug-likeness (QED) is 0.641. The van der Waals surface area contributed by atoms with Crippen molar-refractivity contribution in [2.75, 3.05) is 39.9 Å². The Morgan fingerprint density at radius 1 is 1.06 bits per heavy atom. The number of methoxy groups -OCH3 is 1. The highest BCUT2D eigenvalue weighted by atomic mass is 16.5. The first-order valence-electron chi connectivity index (χ1n) is 10.8. The number of nitriles is 1. The van der Waals surface area contributed by atoms with Crippen molar-refractivity contribution in [2.45, 2.75) is 26.3 Å². The highest BCUT2D eigenvalue weighted by molar-refractivity contribution is 5.95. The van der Waals surface area contributed by atoms with Crippen LogP contribution in [0.1, 0.15) is 42.2 Å². The van der Waals surface area contributed by atoms with Gasteiger partial charge in [0, 0.05) is 31.7 Å². The Kier molecular flexibility index (Phi) is 7.91. The molecule has 1 aliphatic rings. The molecule has 0 radical (unpaired) electrons. The Balaban J connectivity index is 1.62. The van der Waals surface area contributed by atoms with Crippen molar-refractivity contribution in [2.24, 2.45) is 5.92 Å². The topological polar surface area (TPSA) is 65.8 Å². The van der Waals surface area contributed by atoms with Gasteiger partial charge < -0.3 is 14.4 Å². The molecule has 1 fully saturated rings. The molecule has 0 aliphatic carbocycles. The van der Waals surface area contributed by atoms with E-state index in [9.17, 15) is 10.1 Å². The van der Waals surface area contributed by atoms with Crippen LogP contribution in [0.15, 0.2) is 48.5 Å². The minimum atomic E-state index is -0.291.